The quantitative estimate of drug-likeness (QED) is 0.525. The van der Waals surface area contributed by atoms with Crippen molar-refractivity contribution in [3.8, 4) is 0 Å². The molecule has 1 N–H and O–H groups in total. The zero-order valence-corrected chi connectivity index (χ0v) is 5.27. The Morgan fingerprint density at radius 1 is 1.75 bits per heavy atom. The SMILES string of the molecule is C/C=C/C(=O)NCC. The first-order valence-electron chi connectivity index (χ1n) is 2.71. The van der Waals surface area contributed by atoms with Crippen LogP contribution < -0.4 is 5.32 Å². The van der Waals surface area contributed by atoms with Crippen molar-refractivity contribution in [1.29, 1.82) is 0 Å². The van der Waals surface area contributed by atoms with Crippen molar-refractivity contribution in [2.75, 3.05) is 6.54 Å². The van der Waals surface area contributed by atoms with Gasteiger partial charge in [-0.3, -0.25) is 4.79 Å². The molecule has 0 saturated heterocycles. The number of carbonyl (C=O) groups is 1. The summed E-state index contributed by atoms with van der Waals surface area (Å²) in [5.41, 5.74) is 0. The van der Waals surface area contributed by atoms with Crippen LogP contribution in [0.25, 0.3) is 0 Å². The first-order chi connectivity index (χ1) is 3.81. The molecule has 0 unspecified atom stereocenters. The van der Waals surface area contributed by atoms with Crippen molar-refractivity contribution in [3.05, 3.63) is 12.2 Å². The minimum absolute atomic E-state index is 0.0185. The number of likely N-dealkylation sites (N-methyl/N-ethyl adjacent to an activating group) is 1. The number of hydrogen-bond acceptors (Lipinski definition) is 1. The molecule has 0 aromatic rings. The lowest BCUT2D eigenvalue weighted by molar-refractivity contribution is -0.116. The third-order valence-electron chi connectivity index (χ3n) is 0.669. The molecule has 0 saturated carbocycles. The van der Waals surface area contributed by atoms with E-state index < -0.39 is 0 Å². The van der Waals surface area contributed by atoms with Gasteiger partial charge in [-0.2, -0.15) is 0 Å². The largest absolute Gasteiger partial charge is 0.353 e. The van der Waals surface area contributed by atoms with Gasteiger partial charge in [0.25, 0.3) is 0 Å². The lowest BCUT2D eigenvalue weighted by Gasteiger charge is -1.91. The van der Waals surface area contributed by atoms with Crippen LogP contribution in [-0.4, -0.2) is 12.5 Å². The monoisotopic (exact) mass is 113 g/mol. The number of amides is 1. The zero-order chi connectivity index (χ0) is 6.41. The van der Waals surface area contributed by atoms with Gasteiger partial charge in [-0.25, -0.2) is 0 Å². The van der Waals surface area contributed by atoms with E-state index in [4.69, 9.17) is 0 Å². The van der Waals surface area contributed by atoms with E-state index in [1.54, 1.807) is 6.08 Å². The maximum Gasteiger partial charge on any atom is 0.243 e. The fraction of sp³-hybridized carbons (Fsp3) is 0.500. The number of hydrogen-bond donors (Lipinski definition) is 1. The van der Waals surface area contributed by atoms with Gasteiger partial charge in [0.1, 0.15) is 0 Å². The van der Waals surface area contributed by atoms with Gasteiger partial charge in [0.15, 0.2) is 0 Å². The summed E-state index contributed by atoms with van der Waals surface area (Å²) < 4.78 is 0. The van der Waals surface area contributed by atoms with Crippen LogP contribution >= 0.6 is 0 Å². The molecule has 0 atom stereocenters. The molecule has 2 nitrogen and oxygen atoms in total. The normalized spacial score (nSPS) is 9.75. The van der Waals surface area contributed by atoms with E-state index in [-0.39, 0.29) is 5.91 Å². The summed E-state index contributed by atoms with van der Waals surface area (Å²) in [6, 6.07) is 0. The van der Waals surface area contributed by atoms with E-state index >= 15 is 0 Å². The summed E-state index contributed by atoms with van der Waals surface area (Å²) in [5.74, 6) is -0.0185. The molecule has 0 aliphatic heterocycles. The van der Waals surface area contributed by atoms with Crippen molar-refractivity contribution in [2.45, 2.75) is 13.8 Å². The number of carbonyl (C=O) groups excluding carboxylic acids is 1. The van der Waals surface area contributed by atoms with Gasteiger partial charge in [0.05, 0.1) is 0 Å². The second-order valence-electron chi connectivity index (χ2n) is 1.39. The van der Waals surface area contributed by atoms with Crippen LogP contribution in [-0.2, 0) is 4.79 Å². The zero-order valence-electron chi connectivity index (χ0n) is 5.27. The molecule has 0 bridgehead atoms. The van der Waals surface area contributed by atoms with Crippen LogP contribution in [0.4, 0.5) is 0 Å². The molecule has 8 heavy (non-hydrogen) atoms. The van der Waals surface area contributed by atoms with Crippen LogP contribution in [0.5, 0.6) is 0 Å². The standard InChI is InChI=1S/C6H11NO/c1-3-5-6(8)7-4-2/h3,5H,4H2,1-2H3,(H,7,8)/b5-3+. The van der Waals surface area contributed by atoms with Crippen LogP contribution in [0.2, 0.25) is 0 Å². The average Bonchev–Trinajstić information content (AvgIpc) is 1.68. The lowest BCUT2D eigenvalue weighted by Crippen LogP contribution is -2.19. The minimum atomic E-state index is -0.0185. The van der Waals surface area contributed by atoms with E-state index in [0.717, 1.165) is 0 Å². The Bertz CT molecular complexity index is 96.7. The molecule has 0 radical (unpaired) electrons. The second kappa shape index (κ2) is 4.37. The second-order valence-corrected chi connectivity index (χ2v) is 1.39. The third-order valence-corrected chi connectivity index (χ3v) is 0.669. The van der Waals surface area contributed by atoms with Gasteiger partial charge in [-0.15, -0.1) is 0 Å². The minimum Gasteiger partial charge on any atom is -0.353 e. The van der Waals surface area contributed by atoms with Crippen molar-refractivity contribution >= 4 is 5.91 Å². The van der Waals surface area contributed by atoms with Gasteiger partial charge in [0, 0.05) is 6.54 Å². The lowest BCUT2D eigenvalue weighted by atomic mass is 10.5. The Balaban J connectivity index is 3.33. The van der Waals surface area contributed by atoms with E-state index in [9.17, 15) is 4.79 Å². The predicted octanol–water partition coefficient (Wildman–Crippen LogP) is 0.699. The maximum absolute atomic E-state index is 10.4. The molecular weight excluding hydrogens is 102 g/mol. The van der Waals surface area contributed by atoms with Crippen LogP contribution in [0.1, 0.15) is 13.8 Å². The molecule has 0 aromatic heterocycles. The molecule has 2 heteroatoms. The van der Waals surface area contributed by atoms with Gasteiger partial charge >= 0.3 is 0 Å². The molecular formula is C6H11NO. The summed E-state index contributed by atoms with van der Waals surface area (Å²) in [6.07, 6.45) is 3.22. The third kappa shape index (κ3) is 3.40. The van der Waals surface area contributed by atoms with Crippen LogP contribution in [0.3, 0.4) is 0 Å². The molecule has 0 aliphatic carbocycles. The van der Waals surface area contributed by atoms with Gasteiger partial charge in [-0.05, 0) is 19.9 Å². The molecule has 0 aromatic carbocycles. The summed E-state index contributed by atoms with van der Waals surface area (Å²) >= 11 is 0. The van der Waals surface area contributed by atoms with E-state index in [2.05, 4.69) is 5.32 Å². The highest BCUT2D eigenvalue weighted by Crippen LogP contribution is 1.68. The summed E-state index contributed by atoms with van der Waals surface area (Å²) in [4.78, 5) is 10.4. The Hall–Kier alpha value is -0.790. The van der Waals surface area contributed by atoms with Crippen molar-refractivity contribution in [3.63, 3.8) is 0 Å². The molecule has 1 amide bonds. The van der Waals surface area contributed by atoms with Gasteiger partial charge in [-0.1, -0.05) is 6.08 Å². The molecule has 0 heterocycles. The highest BCUT2D eigenvalue weighted by Gasteiger charge is 1.85. The fourth-order valence-corrected chi connectivity index (χ4v) is 0.385. The fourth-order valence-electron chi connectivity index (χ4n) is 0.385. The Morgan fingerprint density at radius 2 is 2.38 bits per heavy atom. The van der Waals surface area contributed by atoms with E-state index in [1.165, 1.54) is 6.08 Å². The number of nitrogens with one attached hydrogen (secondary N) is 1. The Morgan fingerprint density at radius 3 is 2.75 bits per heavy atom. The van der Waals surface area contributed by atoms with Crippen LogP contribution in [0.15, 0.2) is 12.2 Å². The van der Waals surface area contributed by atoms with Crippen molar-refractivity contribution < 1.29 is 4.79 Å². The number of rotatable bonds is 2. The van der Waals surface area contributed by atoms with Crippen molar-refractivity contribution in [2.24, 2.45) is 0 Å². The van der Waals surface area contributed by atoms with E-state index in [1.807, 2.05) is 13.8 Å². The molecule has 0 spiro atoms. The van der Waals surface area contributed by atoms with E-state index in [0.29, 0.717) is 6.54 Å². The molecule has 0 rings (SSSR count). The predicted molar refractivity (Wildman–Crippen MR) is 33.5 cm³/mol. The maximum atomic E-state index is 10.4. The number of allylic oxidation sites excluding steroid dienone is 1. The summed E-state index contributed by atoms with van der Waals surface area (Å²) in [7, 11) is 0. The first-order valence-corrected chi connectivity index (χ1v) is 2.71. The van der Waals surface area contributed by atoms with Crippen molar-refractivity contribution in [1.82, 2.24) is 5.32 Å². The summed E-state index contributed by atoms with van der Waals surface area (Å²) in [6.45, 7) is 4.40. The smallest absolute Gasteiger partial charge is 0.243 e. The first kappa shape index (κ1) is 7.21. The van der Waals surface area contributed by atoms with Crippen LogP contribution in [0, 0.1) is 0 Å². The highest BCUT2D eigenvalue weighted by atomic mass is 16.1. The Kier molecular flexibility index (Phi) is 3.94. The molecule has 0 aliphatic rings. The summed E-state index contributed by atoms with van der Waals surface area (Å²) in [5, 5.41) is 2.62. The average molecular weight is 113 g/mol. The topological polar surface area (TPSA) is 29.1 Å². The highest BCUT2D eigenvalue weighted by molar-refractivity contribution is 5.87. The molecule has 0 fully saturated rings. The van der Waals surface area contributed by atoms with Gasteiger partial charge < -0.3 is 5.32 Å². The Labute approximate surface area is 49.6 Å². The molecule has 46 valence electrons. The van der Waals surface area contributed by atoms with Gasteiger partial charge in [0.2, 0.25) is 5.91 Å².